The number of rotatable bonds is 2. The van der Waals surface area contributed by atoms with Gasteiger partial charge in [-0.1, -0.05) is 23.8 Å². The van der Waals surface area contributed by atoms with Crippen LogP contribution in [-0.4, -0.2) is 17.0 Å². The first-order chi connectivity index (χ1) is 8.90. The number of aliphatic carboxylic acids is 1. The average Bonchev–Trinajstić information content (AvgIpc) is 2.26. The molecule has 4 heteroatoms. The second-order valence-corrected chi connectivity index (χ2v) is 5.01. The van der Waals surface area contributed by atoms with Gasteiger partial charge in [0.2, 0.25) is 5.91 Å². The lowest BCUT2D eigenvalue weighted by molar-refractivity contribution is -0.133. The van der Waals surface area contributed by atoms with E-state index in [0.29, 0.717) is 5.70 Å². The van der Waals surface area contributed by atoms with E-state index in [0.717, 1.165) is 16.7 Å². The Morgan fingerprint density at radius 2 is 2.00 bits per heavy atom. The van der Waals surface area contributed by atoms with Crippen LogP contribution in [-0.2, 0) is 9.59 Å². The third-order valence-corrected chi connectivity index (χ3v) is 3.50. The van der Waals surface area contributed by atoms with Crippen LogP contribution in [0.25, 0.3) is 0 Å². The summed E-state index contributed by atoms with van der Waals surface area (Å²) in [6.45, 7) is 5.57. The number of aryl methyl sites for hydroxylation is 2. The number of hydrogen-bond acceptors (Lipinski definition) is 2. The molecule has 1 amide bonds. The van der Waals surface area contributed by atoms with E-state index >= 15 is 0 Å². The number of carbonyl (C=O) groups excluding carboxylic acids is 1. The summed E-state index contributed by atoms with van der Waals surface area (Å²) in [5.74, 6) is -1.47. The molecule has 0 aromatic heterocycles. The van der Waals surface area contributed by atoms with Gasteiger partial charge in [-0.15, -0.1) is 0 Å². The molecule has 0 aliphatic carbocycles. The molecule has 100 valence electrons. The van der Waals surface area contributed by atoms with Gasteiger partial charge in [0.1, 0.15) is 0 Å². The molecule has 0 radical (unpaired) electrons. The Labute approximate surface area is 112 Å². The predicted molar refractivity (Wildman–Crippen MR) is 71.8 cm³/mol. The summed E-state index contributed by atoms with van der Waals surface area (Å²) in [5, 5.41) is 12.0. The van der Waals surface area contributed by atoms with E-state index < -0.39 is 5.97 Å². The van der Waals surface area contributed by atoms with Gasteiger partial charge in [0.05, 0.1) is 5.57 Å². The highest BCUT2D eigenvalue weighted by molar-refractivity contribution is 5.94. The van der Waals surface area contributed by atoms with Crippen LogP contribution in [0.2, 0.25) is 0 Å². The summed E-state index contributed by atoms with van der Waals surface area (Å²) in [6, 6.07) is 5.88. The SMILES string of the molecule is CC1=C(C(=O)O)[C@@H](c2ccc(C)cc2C)CC(=O)N1. The lowest BCUT2D eigenvalue weighted by Gasteiger charge is -2.26. The quantitative estimate of drug-likeness (QED) is 0.856. The van der Waals surface area contributed by atoms with Crippen molar-refractivity contribution in [2.45, 2.75) is 33.1 Å². The zero-order valence-electron chi connectivity index (χ0n) is 11.3. The summed E-state index contributed by atoms with van der Waals surface area (Å²) in [5.41, 5.74) is 3.78. The van der Waals surface area contributed by atoms with Gasteiger partial charge in [-0.05, 0) is 31.9 Å². The summed E-state index contributed by atoms with van der Waals surface area (Å²) >= 11 is 0. The van der Waals surface area contributed by atoms with Gasteiger partial charge >= 0.3 is 5.97 Å². The van der Waals surface area contributed by atoms with Crippen molar-refractivity contribution in [3.8, 4) is 0 Å². The zero-order valence-corrected chi connectivity index (χ0v) is 11.3. The maximum atomic E-state index is 11.7. The van der Waals surface area contributed by atoms with Gasteiger partial charge in [0, 0.05) is 18.0 Å². The first kappa shape index (κ1) is 13.3. The highest BCUT2D eigenvalue weighted by Gasteiger charge is 2.32. The highest BCUT2D eigenvalue weighted by atomic mass is 16.4. The van der Waals surface area contributed by atoms with Gasteiger partial charge in [0.25, 0.3) is 0 Å². The van der Waals surface area contributed by atoms with E-state index in [1.54, 1.807) is 6.92 Å². The van der Waals surface area contributed by atoms with Crippen molar-refractivity contribution in [2.75, 3.05) is 0 Å². The average molecular weight is 259 g/mol. The molecule has 0 spiro atoms. The fourth-order valence-electron chi connectivity index (χ4n) is 2.67. The molecule has 1 heterocycles. The lowest BCUT2D eigenvalue weighted by Crippen LogP contribution is -2.33. The molecule has 1 atom stereocenters. The van der Waals surface area contributed by atoms with Crippen molar-refractivity contribution in [1.29, 1.82) is 0 Å². The van der Waals surface area contributed by atoms with Crippen molar-refractivity contribution in [3.05, 3.63) is 46.2 Å². The maximum Gasteiger partial charge on any atom is 0.333 e. The van der Waals surface area contributed by atoms with Crippen molar-refractivity contribution in [3.63, 3.8) is 0 Å². The fraction of sp³-hybridized carbons (Fsp3) is 0.333. The van der Waals surface area contributed by atoms with Crippen molar-refractivity contribution in [1.82, 2.24) is 5.32 Å². The Kier molecular flexibility index (Phi) is 3.42. The van der Waals surface area contributed by atoms with E-state index in [1.165, 1.54) is 0 Å². The Balaban J connectivity index is 2.55. The molecular weight excluding hydrogens is 242 g/mol. The molecule has 19 heavy (non-hydrogen) atoms. The molecule has 0 fully saturated rings. The van der Waals surface area contributed by atoms with Crippen LogP contribution in [0, 0.1) is 13.8 Å². The normalized spacial score (nSPS) is 19.3. The number of allylic oxidation sites excluding steroid dienone is 1. The van der Waals surface area contributed by atoms with E-state index in [9.17, 15) is 14.7 Å². The van der Waals surface area contributed by atoms with Gasteiger partial charge in [-0.3, -0.25) is 4.79 Å². The minimum Gasteiger partial charge on any atom is -0.478 e. The molecule has 0 unspecified atom stereocenters. The van der Waals surface area contributed by atoms with Crippen molar-refractivity contribution < 1.29 is 14.7 Å². The molecule has 2 N–H and O–H groups in total. The fourth-order valence-corrected chi connectivity index (χ4v) is 2.67. The van der Waals surface area contributed by atoms with Crippen LogP contribution >= 0.6 is 0 Å². The lowest BCUT2D eigenvalue weighted by atomic mass is 9.82. The summed E-state index contributed by atoms with van der Waals surface area (Å²) < 4.78 is 0. The zero-order chi connectivity index (χ0) is 14.2. The number of hydrogen-bond donors (Lipinski definition) is 2. The number of nitrogens with one attached hydrogen (secondary N) is 1. The van der Waals surface area contributed by atoms with Gasteiger partial charge in [0.15, 0.2) is 0 Å². The molecule has 1 aromatic rings. The molecular formula is C15H17NO3. The minimum absolute atomic E-state index is 0.132. The monoisotopic (exact) mass is 259 g/mol. The summed E-state index contributed by atoms with van der Waals surface area (Å²) in [4.78, 5) is 23.1. The highest BCUT2D eigenvalue weighted by Crippen LogP contribution is 2.34. The molecule has 0 saturated heterocycles. The third-order valence-electron chi connectivity index (χ3n) is 3.50. The molecule has 0 saturated carbocycles. The molecule has 1 aliphatic heterocycles. The molecule has 2 rings (SSSR count). The van der Waals surface area contributed by atoms with E-state index in [2.05, 4.69) is 5.32 Å². The molecule has 1 aromatic carbocycles. The van der Waals surface area contributed by atoms with E-state index in [4.69, 9.17) is 0 Å². The Morgan fingerprint density at radius 3 is 2.58 bits per heavy atom. The van der Waals surface area contributed by atoms with Gasteiger partial charge in [-0.25, -0.2) is 4.79 Å². The van der Waals surface area contributed by atoms with Crippen molar-refractivity contribution in [2.24, 2.45) is 0 Å². The van der Waals surface area contributed by atoms with Crippen LogP contribution < -0.4 is 5.32 Å². The maximum absolute atomic E-state index is 11.7. The van der Waals surface area contributed by atoms with Crippen LogP contribution in [0.4, 0.5) is 0 Å². The Bertz CT molecular complexity index is 587. The van der Waals surface area contributed by atoms with Crippen LogP contribution in [0.5, 0.6) is 0 Å². The topological polar surface area (TPSA) is 66.4 Å². The van der Waals surface area contributed by atoms with Crippen LogP contribution in [0.1, 0.15) is 36.0 Å². The number of amides is 1. The number of carbonyl (C=O) groups is 2. The van der Waals surface area contributed by atoms with Crippen LogP contribution in [0.3, 0.4) is 0 Å². The third kappa shape index (κ3) is 2.52. The predicted octanol–water partition coefficient (Wildman–Crippen LogP) is 2.27. The first-order valence-corrected chi connectivity index (χ1v) is 6.21. The number of benzene rings is 1. The first-order valence-electron chi connectivity index (χ1n) is 6.21. The Hall–Kier alpha value is -2.10. The van der Waals surface area contributed by atoms with E-state index in [-0.39, 0.29) is 23.8 Å². The van der Waals surface area contributed by atoms with Crippen molar-refractivity contribution >= 4 is 11.9 Å². The van der Waals surface area contributed by atoms with Crippen LogP contribution in [0.15, 0.2) is 29.5 Å². The van der Waals surface area contributed by atoms with E-state index in [1.807, 2.05) is 32.0 Å². The second-order valence-electron chi connectivity index (χ2n) is 5.01. The molecule has 1 aliphatic rings. The largest absolute Gasteiger partial charge is 0.478 e. The summed E-state index contributed by atoms with van der Waals surface area (Å²) in [7, 11) is 0. The Morgan fingerprint density at radius 1 is 1.32 bits per heavy atom. The molecule has 0 bridgehead atoms. The van der Waals surface area contributed by atoms with Gasteiger partial charge < -0.3 is 10.4 Å². The summed E-state index contributed by atoms with van der Waals surface area (Å²) in [6.07, 6.45) is 0.183. The number of carboxylic acid groups (broad SMARTS) is 1. The minimum atomic E-state index is -0.970. The smallest absolute Gasteiger partial charge is 0.333 e. The standard InChI is InChI=1S/C15H17NO3/c1-8-4-5-11(9(2)6-8)12-7-13(17)16-10(3)14(12)15(18)19/h4-6,12H,7H2,1-3H3,(H,16,17)(H,18,19)/t12-/m1/s1. The van der Waals surface area contributed by atoms with Gasteiger partial charge in [-0.2, -0.15) is 0 Å². The molecule has 4 nitrogen and oxygen atoms in total. The number of carboxylic acids is 1. The second kappa shape index (κ2) is 4.88.